The minimum atomic E-state index is -0.830. The zero-order chi connectivity index (χ0) is 19.7. The largest absolute Gasteiger partial charge is 0.435 e. The van der Waals surface area contributed by atoms with Crippen molar-refractivity contribution in [1.82, 2.24) is 9.97 Å². The zero-order valence-corrected chi connectivity index (χ0v) is 15.4. The van der Waals surface area contributed by atoms with E-state index in [0.717, 1.165) is 5.56 Å². The lowest BCUT2D eigenvalue weighted by atomic mass is 9.83. The molecule has 140 valence electrons. The molecule has 5 nitrogen and oxygen atoms in total. The highest BCUT2D eigenvalue weighted by Gasteiger charge is 2.30. The third-order valence-electron chi connectivity index (χ3n) is 4.66. The number of benzene rings is 2. The lowest BCUT2D eigenvalue weighted by Crippen LogP contribution is -2.34. The maximum absolute atomic E-state index is 13.2. The molecule has 6 heteroatoms. The fourth-order valence-corrected chi connectivity index (χ4v) is 2.89. The fourth-order valence-electron chi connectivity index (χ4n) is 2.89. The number of amides is 1. The van der Waals surface area contributed by atoms with Gasteiger partial charge in [0.1, 0.15) is 17.0 Å². The molecule has 28 heavy (non-hydrogen) atoms. The molecule has 1 N–H and O–H groups in total. The summed E-state index contributed by atoms with van der Waals surface area (Å²) in [4.78, 5) is 21.5. The van der Waals surface area contributed by atoms with Gasteiger partial charge in [-0.2, -0.15) is 0 Å². The van der Waals surface area contributed by atoms with Crippen molar-refractivity contribution in [2.24, 2.45) is 0 Å². The van der Waals surface area contributed by atoms with Crippen molar-refractivity contribution in [2.45, 2.75) is 19.3 Å². The van der Waals surface area contributed by atoms with Crippen LogP contribution in [0.2, 0.25) is 0 Å². The minimum absolute atomic E-state index is 0.206. The monoisotopic (exact) mass is 375 g/mol. The number of hydrogen-bond acceptors (Lipinski definition) is 4. The van der Waals surface area contributed by atoms with E-state index >= 15 is 0 Å². The van der Waals surface area contributed by atoms with Gasteiger partial charge in [0.2, 0.25) is 11.8 Å². The molecule has 0 saturated heterocycles. The Balaban J connectivity index is 1.59. The predicted octanol–water partition coefficient (Wildman–Crippen LogP) is 4.95. The third kappa shape index (κ3) is 3.36. The number of aromatic nitrogens is 2. The Morgan fingerprint density at radius 2 is 1.86 bits per heavy atom. The molecule has 4 aromatic rings. The molecule has 0 aliphatic rings. The number of anilines is 1. The van der Waals surface area contributed by atoms with Gasteiger partial charge in [-0.25, -0.2) is 9.37 Å². The number of carbonyl (C=O) groups is 1. The summed E-state index contributed by atoms with van der Waals surface area (Å²) >= 11 is 0. The van der Waals surface area contributed by atoms with Gasteiger partial charge in [-0.15, -0.1) is 0 Å². The van der Waals surface area contributed by atoms with E-state index in [2.05, 4.69) is 15.3 Å². The van der Waals surface area contributed by atoms with Crippen LogP contribution in [0.4, 0.5) is 10.1 Å². The molecule has 0 radical (unpaired) electrons. The quantitative estimate of drug-likeness (QED) is 0.548. The van der Waals surface area contributed by atoms with Crippen molar-refractivity contribution >= 4 is 22.7 Å². The summed E-state index contributed by atoms with van der Waals surface area (Å²) in [7, 11) is 0. The molecular weight excluding hydrogens is 357 g/mol. The van der Waals surface area contributed by atoms with E-state index in [9.17, 15) is 9.18 Å². The lowest BCUT2D eigenvalue weighted by Gasteiger charge is -2.24. The molecule has 0 bridgehead atoms. The number of pyridine rings is 1. The molecule has 2 aromatic carbocycles. The summed E-state index contributed by atoms with van der Waals surface area (Å²) in [6.45, 7) is 3.59. The van der Waals surface area contributed by atoms with Gasteiger partial charge in [0, 0.05) is 18.0 Å². The first-order valence-electron chi connectivity index (χ1n) is 8.83. The molecule has 1 amide bonds. The first-order chi connectivity index (χ1) is 13.4. The summed E-state index contributed by atoms with van der Waals surface area (Å²) in [5.74, 6) is -0.118. The van der Waals surface area contributed by atoms with Crippen molar-refractivity contribution in [3.63, 3.8) is 0 Å². The van der Waals surface area contributed by atoms with Crippen molar-refractivity contribution in [1.29, 1.82) is 0 Å². The summed E-state index contributed by atoms with van der Waals surface area (Å²) in [5, 5.41) is 2.90. The van der Waals surface area contributed by atoms with E-state index in [4.69, 9.17) is 4.42 Å². The van der Waals surface area contributed by atoms with Crippen molar-refractivity contribution in [3.8, 4) is 11.6 Å². The molecule has 0 fully saturated rings. The number of halogens is 1. The smallest absolute Gasteiger partial charge is 0.246 e. The minimum Gasteiger partial charge on any atom is -0.435 e. The number of rotatable bonds is 4. The number of oxazole rings is 1. The van der Waals surface area contributed by atoms with Crippen LogP contribution in [-0.2, 0) is 10.2 Å². The molecule has 0 aliphatic heterocycles. The average Bonchev–Trinajstić information content (AvgIpc) is 3.12. The van der Waals surface area contributed by atoms with Crippen molar-refractivity contribution in [3.05, 3.63) is 78.2 Å². The second kappa shape index (κ2) is 6.88. The van der Waals surface area contributed by atoms with Crippen LogP contribution >= 0.6 is 0 Å². The molecule has 4 rings (SSSR count). The Labute approximate surface area is 161 Å². The van der Waals surface area contributed by atoms with Gasteiger partial charge >= 0.3 is 0 Å². The van der Waals surface area contributed by atoms with E-state index in [0.29, 0.717) is 28.4 Å². The standard InChI is InChI=1S/C22H18FN3O2/c1-22(2,14-6-8-15(23)9-7-14)21(27)25-16-10-11-17-19(13-16)28-20(26-17)18-5-3-4-12-24-18/h3-13H,1-2H3,(H,25,27). The van der Waals surface area contributed by atoms with Gasteiger partial charge < -0.3 is 9.73 Å². The van der Waals surface area contributed by atoms with Crippen LogP contribution in [0.15, 0.2) is 71.3 Å². The molecule has 0 saturated carbocycles. The Kier molecular flexibility index (Phi) is 4.39. The van der Waals surface area contributed by atoms with Crippen LogP contribution in [-0.4, -0.2) is 15.9 Å². The van der Waals surface area contributed by atoms with E-state index in [1.807, 2.05) is 18.2 Å². The zero-order valence-electron chi connectivity index (χ0n) is 15.4. The topological polar surface area (TPSA) is 68.0 Å². The molecule has 0 spiro atoms. The van der Waals surface area contributed by atoms with Crippen molar-refractivity contribution < 1.29 is 13.6 Å². The highest BCUT2D eigenvalue weighted by molar-refractivity contribution is 5.99. The van der Waals surface area contributed by atoms with Gasteiger partial charge in [0.15, 0.2) is 5.58 Å². The van der Waals surface area contributed by atoms with Crippen LogP contribution in [0.3, 0.4) is 0 Å². The summed E-state index contributed by atoms with van der Waals surface area (Å²) < 4.78 is 19.0. The molecule has 0 unspecified atom stereocenters. The second-order valence-electron chi connectivity index (χ2n) is 7.00. The first kappa shape index (κ1) is 17.9. The van der Waals surface area contributed by atoms with Crippen LogP contribution < -0.4 is 5.32 Å². The summed E-state index contributed by atoms with van der Waals surface area (Å²) in [5.41, 5.74) is 2.36. The van der Waals surface area contributed by atoms with Crippen LogP contribution in [0, 0.1) is 5.82 Å². The predicted molar refractivity (Wildman–Crippen MR) is 105 cm³/mol. The fraction of sp³-hybridized carbons (Fsp3) is 0.136. The van der Waals surface area contributed by atoms with Crippen LogP contribution in [0.5, 0.6) is 0 Å². The summed E-state index contributed by atoms with van der Waals surface area (Å²) in [6, 6.07) is 16.7. The number of nitrogens with one attached hydrogen (secondary N) is 1. The van der Waals surface area contributed by atoms with E-state index in [1.54, 1.807) is 50.4 Å². The third-order valence-corrected chi connectivity index (χ3v) is 4.66. The number of fused-ring (bicyclic) bond motifs is 1. The SMILES string of the molecule is CC(C)(C(=O)Nc1ccc2nc(-c3ccccn3)oc2c1)c1ccc(F)cc1. The first-order valence-corrected chi connectivity index (χ1v) is 8.83. The molecule has 2 aromatic heterocycles. The molecule has 2 heterocycles. The average molecular weight is 375 g/mol. The van der Waals surface area contributed by atoms with E-state index < -0.39 is 5.41 Å². The summed E-state index contributed by atoms with van der Waals surface area (Å²) in [6.07, 6.45) is 1.67. The normalized spacial score (nSPS) is 11.5. The Hall–Kier alpha value is -3.54. The number of carbonyl (C=O) groups excluding carboxylic acids is 1. The Bertz CT molecular complexity index is 1140. The van der Waals surface area contributed by atoms with Crippen LogP contribution in [0.1, 0.15) is 19.4 Å². The second-order valence-corrected chi connectivity index (χ2v) is 7.00. The van der Waals surface area contributed by atoms with Gasteiger partial charge in [-0.05, 0) is 55.8 Å². The van der Waals surface area contributed by atoms with Gasteiger partial charge in [-0.3, -0.25) is 9.78 Å². The Morgan fingerprint density at radius 1 is 1.07 bits per heavy atom. The molecule has 0 aliphatic carbocycles. The van der Waals surface area contributed by atoms with Crippen LogP contribution in [0.25, 0.3) is 22.7 Å². The number of nitrogens with zero attached hydrogens (tertiary/aromatic N) is 2. The highest BCUT2D eigenvalue weighted by atomic mass is 19.1. The maximum Gasteiger partial charge on any atom is 0.246 e. The lowest BCUT2D eigenvalue weighted by molar-refractivity contribution is -0.120. The van der Waals surface area contributed by atoms with E-state index in [1.165, 1.54) is 12.1 Å². The molecule has 0 atom stereocenters. The van der Waals surface area contributed by atoms with Gasteiger partial charge in [-0.1, -0.05) is 18.2 Å². The van der Waals surface area contributed by atoms with E-state index in [-0.39, 0.29) is 11.7 Å². The van der Waals surface area contributed by atoms with Gasteiger partial charge in [0.25, 0.3) is 0 Å². The number of hydrogen-bond donors (Lipinski definition) is 1. The van der Waals surface area contributed by atoms with Crippen molar-refractivity contribution in [2.75, 3.05) is 5.32 Å². The Morgan fingerprint density at radius 3 is 2.57 bits per heavy atom. The highest BCUT2D eigenvalue weighted by Crippen LogP contribution is 2.28. The maximum atomic E-state index is 13.2. The molecular formula is C22H18FN3O2. The van der Waals surface area contributed by atoms with Gasteiger partial charge in [0.05, 0.1) is 5.41 Å².